The van der Waals surface area contributed by atoms with Crippen molar-refractivity contribution < 1.29 is 4.74 Å². The van der Waals surface area contributed by atoms with Crippen LogP contribution in [0, 0.1) is 11.8 Å². The van der Waals surface area contributed by atoms with Crippen LogP contribution in [0.5, 0.6) is 5.75 Å². The Morgan fingerprint density at radius 2 is 1.48 bits per heavy atom. The normalized spacial score (nSPS) is 20.6. The minimum Gasteiger partial charge on any atom is -0.487 e. The fourth-order valence-electron chi connectivity index (χ4n) is 3.70. The predicted molar refractivity (Wildman–Crippen MR) is 106 cm³/mol. The van der Waals surface area contributed by atoms with Gasteiger partial charge >= 0.3 is 0 Å². The Bertz CT molecular complexity index is 493. The second-order valence-corrected chi connectivity index (χ2v) is 8.04. The van der Waals surface area contributed by atoms with Crippen molar-refractivity contribution in [3.05, 3.63) is 16.1 Å². The highest BCUT2D eigenvalue weighted by Gasteiger charge is 2.21. The van der Waals surface area contributed by atoms with Crippen LogP contribution in [0.25, 0.3) is 0 Å². The summed E-state index contributed by atoms with van der Waals surface area (Å²) in [5.74, 6) is 2.91. The molecule has 1 saturated carbocycles. The highest BCUT2D eigenvalue weighted by molar-refractivity contribution is 6.35. The maximum absolute atomic E-state index is 6.21. The minimum absolute atomic E-state index is 0.336. The molecule has 5 heteroatoms. The molecule has 0 saturated heterocycles. The second-order valence-electron chi connectivity index (χ2n) is 7.32. The van der Waals surface area contributed by atoms with Crippen LogP contribution in [0.15, 0.2) is 0 Å². The third kappa shape index (κ3) is 6.94. The van der Waals surface area contributed by atoms with Gasteiger partial charge in [0.2, 0.25) is 0 Å². The lowest BCUT2D eigenvalue weighted by molar-refractivity contribution is 0.248. The van der Waals surface area contributed by atoms with Crippen molar-refractivity contribution in [2.45, 2.75) is 84.5 Å². The van der Waals surface area contributed by atoms with Gasteiger partial charge < -0.3 is 4.74 Å². The molecular formula is C20H32Cl2N2O. The third-order valence-electron chi connectivity index (χ3n) is 5.24. The molecule has 0 aromatic carbocycles. The average molecular weight is 387 g/mol. The molecular weight excluding hydrogens is 355 g/mol. The number of nitrogens with zero attached hydrogens (tertiary/aromatic N) is 2. The monoisotopic (exact) mass is 386 g/mol. The van der Waals surface area contributed by atoms with Crippen LogP contribution in [0.4, 0.5) is 0 Å². The van der Waals surface area contributed by atoms with Crippen LogP contribution < -0.4 is 4.74 Å². The largest absolute Gasteiger partial charge is 0.487 e. The van der Waals surface area contributed by atoms with Gasteiger partial charge in [0.25, 0.3) is 0 Å². The van der Waals surface area contributed by atoms with Gasteiger partial charge in [0.05, 0.1) is 6.61 Å². The molecule has 0 aliphatic heterocycles. The molecule has 142 valence electrons. The number of aryl methyl sites for hydroxylation is 1. The third-order valence-corrected chi connectivity index (χ3v) is 5.75. The molecule has 0 radical (unpaired) electrons. The van der Waals surface area contributed by atoms with Gasteiger partial charge in [-0.2, -0.15) is 0 Å². The Hall–Kier alpha value is -0.540. The van der Waals surface area contributed by atoms with E-state index in [0.29, 0.717) is 22.7 Å². The van der Waals surface area contributed by atoms with E-state index in [1.165, 1.54) is 51.4 Å². The van der Waals surface area contributed by atoms with E-state index in [4.69, 9.17) is 27.9 Å². The van der Waals surface area contributed by atoms with Crippen LogP contribution in [0.1, 0.15) is 83.9 Å². The Morgan fingerprint density at radius 3 is 2.04 bits per heavy atom. The van der Waals surface area contributed by atoms with Crippen molar-refractivity contribution in [2.75, 3.05) is 6.61 Å². The van der Waals surface area contributed by atoms with Crippen LogP contribution in [0.3, 0.4) is 0 Å². The first-order valence-electron chi connectivity index (χ1n) is 9.98. The Labute approximate surface area is 162 Å². The summed E-state index contributed by atoms with van der Waals surface area (Å²) >= 11 is 12.4. The molecule has 1 heterocycles. The van der Waals surface area contributed by atoms with Gasteiger partial charge in [0.15, 0.2) is 16.1 Å². The molecule has 1 aromatic heterocycles. The number of rotatable bonds is 10. The molecule has 0 bridgehead atoms. The topological polar surface area (TPSA) is 35.0 Å². The van der Waals surface area contributed by atoms with Crippen molar-refractivity contribution in [3.63, 3.8) is 0 Å². The zero-order chi connectivity index (χ0) is 18.1. The predicted octanol–water partition coefficient (Wildman–Crippen LogP) is 6.89. The molecule has 1 fully saturated rings. The summed E-state index contributed by atoms with van der Waals surface area (Å²) in [5.41, 5.74) is 0. The van der Waals surface area contributed by atoms with E-state index in [1.807, 2.05) is 6.92 Å². The van der Waals surface area contributed by atoms with E-state index in [-0.39, 0.29) is 0 Å². The number of halogens is 2. The van der Waals surface area contributed by atoms with Crippen molar-refractivity contribution in [1.82, 2.24) is 9.97 Å². The zero-order valence-corrected chi connectivity index (χ0v) is 17.2. The fourth-order valence-corrected chi connectivity index (χ4v) is 4.23. The van der Waals surface area contributed by atoms with E-state index < -0.39 is 0 Å². The quantitative estimate of drug-likeness (QED) is 0.324. The van der Waals surface area contributed by atoms with Gasteiger partial charge in [-0.1, -0.05) is 88.4 Å². The lowest BCUT2D eigenvalue weighted by atomic mass is 9.78. The Morgan fingerprint density at radius 1 is 0.880 bits per heavy atom. The average Bonchev–Trinajstić information content (AvgIpc) is 2.61. The molecule has 25 heavy (non-hydrogen) atoms. The molecule has 0 N–H and O–H groups in total. The van der Waals surface area contributed by atoms with E-state index >= 15 is 0 Å². The fraction of sp³-hybridized carbons (Fsp3) is 0.800. The summed E-state index contributed by atoms with van der Waals surface area (Å²) in [4.78, 5) is 8.76. The summed E-state index contributed by atoms with van der Waals surface area (Å²) in [5, 5.41) is 0.672. The van der Waals surface area contributed by atoms with Crippen LogP contribution in [-0.4, -0.2) is 16.6 Å². The Balaban J connectivity index is 1.76. The lowest BCUT2D eigenvalue weighted by Gasteiger charge is -2.28. The van der Waals surface area contributed by atoms with Gasteiger partial charge in [-0.3, -0.25) is 0 Å². The first-order valence-corrected chi connectivity index (χ1v) is 10.7. The number of ether oxygens (including phenoxy) is 1. The van der Waals surface area contributed by atoms with Crippen molar-refractivity contribution in [2.24, 2.45) is 11.8 Å². The highest BCUT2D eigenvalue weighted by Crippen LogP contribution is 2.35. The maximum Gasteiger partial charge on any atom is 0.194 e. The number of hydrogen-bond donors (Lipinski definition) is 0. The van der Waals surface area contributed by atoms with Gasteiger partial charge in [-0.05, 0) is 24.7 Å². The summed E-state index contributed by atoms with van der Waals surface area (Å²) in [7, 11) is 0. The number of hydrogen-bond acceptors (Lipinski definition) is 3. The van der Waals surface area contributed by atoms with Gasteiger partial charge in [-0.25, -0.2) is 9.97 Å². The molecule has 1 aliphatic carbocycles. The Kier molecular flexibility index (Phi) is 9.33. The van der Waals surface area contributed by atoms with E-state index in [2.05, 4.69) is 16.9 Å². The lowest BCUT2D eigenvalue weighted by Crippen LogP contribution is -2.15. The van der Waals surface area contributed by atoms with Crippen LogP contribution >= 0.6 is 23.2 Å². The minimum atomic E-state index is 0.336. The van der Waals surface area contributed by atoms with E-state index in [0.717, 1.165) is 36.9 Å². The smallest absolute Gasteiger partial charge is 0.194 e. The first-order chi connectivity index (χ1) is 12.1. The molecule has 0 spiro atoms. The summed E-state index contributed by atoms with van der Waals surface area (Å²) in [6.45, 7) is 4.89. The zero-order valence-electron chi connectivity index (χ0n) is 15.7. The van der Waals surface area contributed by atoms with E-state index in [9.17, 15) is 0 Å². The standard InChI is InChI=1S/C20H32Cl2N2O/c1-3-5-6-7-15-8-10-16(11-9-15)12-13-17-23-19(21)18(20(22)24-17)25-14-4-2/h15-16H,3-14H2,1-2H3. The molecule has 1 aliphatic rings. The molecule has 3 nitrogen and oxygen atoms in total. The van der Waals surface area contributed by atoms with Gasteiger partial charge in [0.1, 0.15) is 5.82 Å². The molecule has 0 amide bonds. The van der Waals surface area contributed by atoms with Crippen molar-refractivity contribution in [1.29, 1.82) is 0 Å². The van der Waals surface area contributed by atoms with E-state index in [1.54, 1.807) is 0 Å². The number of unbranched alkanes of at least 4 members (excludes halogenated alkanes) is 2. The summed E-state index contributed by atoms with van der Waals surface area (Å²) in [6.07, 6.45) is 13.9. The van der Waals surface area contributed by atoms with Crippen LogP contribution in [0.2, 0.25) is 10.3 Å². The summed E-state index contributed by atoms with van der Waals surface area (Å²) in [6, 6.07) is 0. The van der Waals surface area contributed by atoms with Crippen molar-refractivity contribution in [3.8, 4) is 5.75 Å². The molecule has 0 atom stereocenters. The summed E-state index contributed by atoms with van der Waals surface area (Å²) < 4.78 is 5.53. The van der Waals surface area contributed by atoms with Crippen LogP contribution in [-0.2, 0) is 6.42 Å². The van der Waals surface area contributed by atoms with Gasteiger partial charge in [0, 0.05) is 6.42 Å². The molecule has 2 rings (SSSR count). The first kappa shape index (κ1) is 20.8. The second kappa shape index (κ2) is 11.2. The SMILES string of the molecule is CCCCCC1CCC(CCc2nc(Cl)c(OCCC)c(Cl)n2)CC1. The maximum atomic E-state index is 6.21. The van der Waals surface area contributed by atoms with Crippen molar-refractivity contribution >= 4 is 23.2 Å². The highest BCUT2D eigenvalue weighted by atomic mass is 35.5. The van der Waals surface area contributed by atoms with Gasteiger partial charge in [-0.15, -0.1) is 0 Å². The molecule has 1 aromatic rings. The number of aromatic nitrogens is 2. The molecule has 0 unspecified atom stereocenters.